The van der Waals surface area contributed by atoms with Crippen LogP contribution in [0.1, 0.15) is 13.8 Å². The van der Waals surface area contributed by atoms with Gasteiger partial charge in [-0.2, -0.15) is 5.10 Å². The summed E-state index contributed by atoms with van der Waals surface area (Å²) in [5.74, 6) is -0.327. The summed E-state index contributed by atoms with van der Waals surface area (Å²) in [6, 6.07) is -0.661. The van der Waals surface area contributed by atoms with Gasteiger partial charge in [-0.1, -0.05) is 0 Å². The molecule has 0 aromatic carbocycles. The number of allylic oxidation sites excluding steroid dienone is 2. The third-order valence-electron chi connectivity index (χ3n) is 3.06. The van der Waals surface area contributed by atoms with E-state index in [9.17, 15) is 14.7 Å². The predicted molar refractivity (Wildman–Crippen MR) is 69.2 cm³/mol. The molecule has 7 nitrogen and oxygen atoms in total. The van der Waals surface area contributed by atoms with E-state index in [0.717, 1.165) is 0 Å². The fraction of sp³-hybridized carbons (Fsp3) is 0.417. The lowest BCUT2D eigenvalue weighted by Crippen LogP contribution is -2.30. The van der Waals surface area contributed by atoms with Crippen LogP contribution >= 0.6 is 0 Å². The zero-order valence-electron chi connectivity index (χ0n) is 10.8. The molecule has 1 heterocycles. The molecule has 102 valence electrons. The third-order valence-corrected chi connectivity index (χ3v) is 3.06. The number of hydrazone groups is 1. The van der Waals surface area contributed by atoms with Crippen molar-refractivity contribution in [3.8, 4) is 0 Å². The predicted octanol–water partition coefficient (Wildman–Crippen LogP) is -0.511. The zero-order valence-corrected chi connectivity index (χ0v) is 10.8. The number of aliphatic hydroxyl groups is 1. The second kappa shape index (κ2) is 4.85. The maximum Gasteiger partial charge on any atom is 0.332 e. The van der Waals surface area contributed by atoms with Crippen LogP contribution in [0.5, 0.6) is 0 Å². The smallest absolute Gasteiger partial charge is 0.332 e. The van der Waals surface area contributed by atoms with Crippen LogP contribution in [0.4, 0.5) is 4.79 Å². The lowest BCUT2D eigenvalue weighted by molar-refractivity contribution is -0.109. The highest BCUT2D eigenvalue weighted by molar-refractivity contribution is 6.49. The lowest BCUT2D eigenvalue weighted by Gasteiger charge is -2.25. The van der Waals surface area contributed by atoms with Gasteiger partial charge in [0.1, 0.15) is 5.71 Å². The number of hydrogen-bond donors (Lipinski definition) is 3. The van der Waals surface area contributed by atoms with Crippen molar-refractivity contribution in [2.24, 2.45) is 10.8 Å². The highest BCUT2D eigenvalue weighted by atomic mass is 16.3. The van der Waals surface area contributed by atoms with E-state index >= 15 is 0 Å². The van der Waals surface area contributed by atoms with Gasteiger partial charge in [0, 0.05) is 29.9 Å². The molecule has 1 unspecified atom stereocenters. The molecule has 0 saturated carbocycles. The van der Waals surface area contributed by atoms with E-state index in [1.54, 1.807) is 0 Å². The molecule has 0 bridgehead atoms. The quantitative estimate of drug-likeness (QED) is 0.461. The summed E-state index contributed by atoms with van der Waals surface area (Å²) in [5.41, 5.74) is 8.31. The number of β-amino-alcohol motifs (C(OH)–C–C–N with tert-alkyl or cyclic N) is 1. The molecule has 4 N–H and O–H groups in total. The van der Waals surface area contributed by atoms with Crippen LogP contribution in [0.25, 0.3) is 0 Å². The molecule has 1 aliphatic heterocycles. The van der Waals surface area contributed by atoms with Crippen molar-refractivity contribution < 1.29 is 14.7 Å². The maximum atomic E-state index is 11.9. The van der Waals surface area contributed by atoms with Gasteiger partial charge in [-0.25, -0.2) is 10.2 Å². The van der Waals surface area contributed by atoms with E-state index in [0.29, 0.717) is 17.8 Å². The highest BCUT2D eigenvalue weighted by Gasteiger charge is 2.35. The number of aliphatic hydroxyl groups excluding tert-OH is 1. The second-order valence-corrected chi connectivity index (χ2v) is 4.73. The number of amides is 2. The minimum Gasteiger partial charge on any atom is -0.386 e. The van der Waals surface area contributed by atoms with Gasteiger partial charge < -0.3 is 15.7 Å². The normalized spacial score (nSPS) is 24.4. The number of urea groups is 1. The van der Waals surface area contributed by atoms with Crippen LogP contribution in [-0.2, 0) is 4.79 Å². The van der Waals surface area contributed by atoms with Crippen LogP contribution in [0, 0.1) is 0 Å². The number of carbonyl (C=O) groups excluding carboxylic acids is 2. The number of fused-ring (bicyclic) bond motifs is 1. The number of likely N-dealkylation sites (tertiary alicyclic amines) is 1. The van der Waals surface area contributed by atoms with Crippen molar-refractivity contribution in [2.75, 3.05) is 6.54 Å². The molecule has 2 aliphatic rings. The molecule has 7 heteroatoms. The summed E-state index contributed by atoms with van der Waals surface area (Å²) in [6.07, 6.45) is 2.24. The van der Waals surface area contributed by atoms with Crippen molar-refractivity contribution >= 4 is 17.5 Å². The van der Waals surface area contributed by atoms with Gasteiger partial charge in [-0.3, -0.25) is 4.79 Å². The molecular weight excluding hydrogens is 248 g/mol. The van der Waals surface area contributed by atoms with Gasteiger partial charge >= 0.3 is 6.03 Å². The Morgan fingerprint density at radius 2 is 2.26 bits per heavy atom. The molecule has 2 rings (SSSR count). The van der Waals surface area contributed by atoms with Crippen LogP contribution in [0.2, 0.25) is 0 Å². The number of carbonyl (C=O) groups is 2. The Kier molecular flexibility index (Phi) is 3.39. The van der Waals surface area contributed by atoms with Crippen LogP contribution in [0.3, 0.4) is 0 Å². The van der Waals surface area contributed by atoms with Gasteiger partial charge in [0.2, 0.25) is 5.78 Å². The standard InChI is InChI=1S/C12H16N4O3/c1-6(2)16-5-11(18)7-3-8(14-15-12(13)19)10(17)4-9(7)16/h3-4,6,11,18H,5H2,1-2H3,(H3,13,15,19)/b14-8-. The Bertz CT molecular complexity index is 519. The molecule has 1 atom stereocenters. The summed E-state index contributed by atoms with van der Waals surface area (Å²) < 4.78 is 0. The van der Waals surface area contributed by atoms with Gasteiger partial charge in [0.25, 0.3) is 0 Å². The minimum absolute atomic E-state index is 0.0576. The van der Waals surface area contributed by atoms with Crippen LogP contribution in [-0.4, -0.2) is 46.2 Å². The largest absolute Gasteiger partial charge is 0.386 e. The first-order valence-electron chi connectivity index (χ1n) is 5.96. The number of nitrogens with two attached hydrogens (primary N) is 1. The van der Waals surface area contributed by atoms with E-state index in [-0.39, 0.29) is 17.5 Å². The number of nitrogens with one attached hydrogen (secondary N) is 1. The van der Waals surface area contributed by atoms with Crippen molar-refractivity contribution in [1.82, 2.24) is 10.3 Å². The van der Waals surface area contributed by atoms with E-state index < -0.39 is 12.1 Å². The molecule has 2 amide bonds. The first-order valence-corrected chi connectivity index (χ1v) is 5.96. The summed E-state index contributed by atoms with van der Waals surface area (Å²) in [6.45, 7) is 4.41. The zero-order chi connectivity index (χ0) is 14.2. The lowest BCUT2D eigenvalue weighted by atomic mass is 9.99. The molecule has 1 saturated heterocycles. The molecule has 1 aliphatic carbocycles. The minimum atomic E-state index is -0.843. The van der Waals surface area contributed by atoms with Gasteiger partial charge in [0.05, 0.1) is 6.10 Å². The summed E-state index contributed by atoms with van der Waals surface area (Å²) in [4.78, 5) is 24.4. The van der Waals surface area contributed by atoms with Crippen LogP contribution < -0.4 is 11.2 Å². The molecule has 19 heavy (non-hydrogen) atoms. The van der Waals surface area contributed by atoms with E-state index in [1.165, 1.54) is 12.2 Å². The monoisotopic (exact) mass is 264 g/mol. The average molecular weight is 264 g/mol. The summed E-state index contributed by atoms with van der Waals surface area (Å²) in [7, 11) is 0. The molecule has 0 spiro atoms. The Morgan fingerprint density at radius 3 is 2.84 bits per heavy atom. The number of rotatable bonds is 2. The van der Waals surface area contributed by atoms with Crippen molar-refractivity contribution in [2.45, 2.75) is 26.0 Å². The second-order valence-electron chi connectivity index (χ2n) is 4.73. The highest BCUT2D eigenvalue weighted by Crippen LogP contribution is 2.31. The number of ketones is 1. The van der Waals surface area contributed by atoms with Crippen LogP contribution in [0.15, 0.2) is 28.5 Å². The number of primary amides is 1. The first-order chi connectivity index (χ1) is 8.90. The molecular formula is C12H16N4O3. The SMILES string of the molecule is CC(C)N1CC(O)C2=C/C(=N/NC(N)=O)C(=O)C=C21. The van der Waals surface area contributed by atoms with Gasteiger partial charge in [-0.05, 0) is 19.9 Å². The summed E-state index contributed by atoms with van der Waals surface area (Å²) >= 11 is 0. The van der Waals surface area contributed by atoms with E-state index in [4.69, 9.17) is 5.73 Å². The Labute approximate surface area is 110 Å². The Balaban J connectivity index is 2.32. The van der Waals surface area contributed by atoms with Crippen molar-refractivity contribution in [3.05, 3.63) is 23.4 Å². The number of hydrogen-bond acceptors (Lipinski definition) is 5. The van der Waals surface area contributed by atoms with E-state index in [2.05, 4.69) is 5.10 Å². The first kappa shape index (κ1) is 13.3. The van der Waals surface area contributed by atoms with Crippen molar-refractivity contribution in [3.63, 3.8) is 0 Å². The Morgan fingerprint density at radius 1 is 1.58 bits per heavy atom. The average Bonchev–Trinajstić information content (AvgIpc) is 2.63. The topological polar surface area (TPSA) is 108 Å². The Hall–Kier alpha value is -2.15. The fourth-order valence-corrected chi connectivity index (χ4v) is 2.16. The maximum absolute atomic E-state index is 11.9. The molecule has 0 aromatic heterocycles. The fourth-order valence-electron chi connectivity index (χ4n) is 2.16. The summed E-state index contributed by atoms with van der Waals surface area (Å²) in [5, 5.41) is 13.6. The molecule has 1 fully saturated rings. The van der Waals surface area contributed by atoms with Gasteiger partial charge in [-0.15, -0.1) is 0 Å². The van der Waals surface area contributed by atoms with Gasteiger partial charge in [0.15, 0.2) is 0 Å². The molecule has 0 aromatic rings. The van der Waals surface area contributed by atoms with E-state index in [1.807, 2.05) is 24.2 Å². The number of nitrogens with zero attached hydrogens (tertiary/aromatic N) is 2. The van der Waals surface area contributed by atoms with Crippen molar-refractivity contribution in [1.29, 1.82) is 0 Å². The third kappa shape index (κ3) is 2.50. The molecule has 0 radical (unpaired) electrons.